The van der Waals surface area contributed by atoms with Crippen molar-refractivity contribution in [2.75, 3.05) is 14.2 Å². The van der Waals surface area contributed by atoms with Gasteiger partial charge >= 0.3 is 11.9 Å². The summed E-state index contributed by atoms with van der Waals surface area (Å²) in [6.07, 6.45) is 10.4. The van der Waals surface area contributed by atoms with Crippen molar-refractivity contribution in [3.8, 4) is 0 Å². The van der Waals surface area contributed by atoms with E-state index in [1.807, 2.05) is 6.08 Å². The van der Waals surface area contributed by atoms with E-state index in [0.717, 1.165) is 18.3 Å². The summed E-state index contributed by atoms with van der Waals surface area (Å²) in [6, 6.07) is 0. The normalized spacial score (nSPS) is 44.1. The molecule has 0 spiro atoms. The molecule has 5 rings (SSSR count). The highest BCUT2D eigenvalue weighted by molar-refractivity contribution is 5.94. The second-order valence-electron chi connectivity index (χ2n) is 12.3. The van der Waals surface area contributed by atoms with Crippen molar-refractivity contribution < 1.29 is 23.9 Å². The Morgan fingerprint density at radius 1 is 1.06 bits per heavy atom. The highest BCUT2D eigenvalue weighted by atomic mass is 16.5. The molecule has 0 aromatic rings. The van der Waals surface area contributed by atoms with Gasteiger partial charge in [-0.15, -0.1) is 0 Å². The summed E-state index contributed by atoms with van der Waals surface area (Å²) in [7, 11) is 2.68. The first-order valence-electron chi connectivity index (χ1n) is 13.1. The fourth-order valence-corrected chi connectivity index (χ4v) is 9.49. The van der Waals surface area contributed by atoms with Crippen LogP contribution in [0.5, 0.6) is 0 Å². The van der Waals surface area contributed by atoms with Crippen LogP contribution in [-0.2, 0) is 23.9 Å². The molecule has 4 unspecified atom stereocenters. The summed E-state index contributed by atoms with van der Waals surface area (Å²) in [4.78, 5) is 36.8. The summed E-state index contributed by atoms with van der Waals surface area (Å²) < 4.78 is 9.84. The monoisotopic (exact) mass is 456 g/mol. The Morgan fingerprint density at radius 2 is 1.76 bits per heavy atom. The lowest BCUT2D eigenvalue weighted by atomic mass is 9.46. The molecular weight excluding hydrogens is 416 g/mol. The van der Waals surface area contributed by atoms with Crippen molar-refractivity contribution >= 4 is 17.7 Å². The molecule has 0 amide bonds. The van der Waals surface area contributed by atoms with Crippen molar-refractivity contribution in [2.24, 2.45) is 58.2 Å². The fourth-order valence-electron chi connectivity index (χ4n) is 9.49. The summed E-state index contributed by atoms with van der Waals surface area (Å²) in [5.41, 5.74) is 1.96. The Kier molecular flexibility index (Phi) is 5.57. The van der Waals surface area contributed by atoms with E-state index < -0.39 is 17.9 Å². The summed E-state index contributed by atoms with van der Waals surface area (Å²) in [6.45, 7) is 7.19. The molecule has 33 heavy (non-hydrogen) atoms. The van der Waals surface area contributed by atoms with Gasteiger partial charge in [0.05, 0.1) is 14.2 Å². The second-order valence-corrected chi connectivity index (χ2v) is 12.3. The van der Waals surface area contributed by atoms with Crippen LogP contribution in [0.15, 0.2) is 11.6 Å². The van der Waals surface area contributed by atoms with E-state index in [9.17, 15) is 14.4 Å². The second kappa shape index (κ2) is 7.95. The number of carbonyl (C=O) groups is 3. The van der Waals surface area contributed by atoms with Crippen LogP contribution < -0.4 is 0 Å². The molecule has 0 radical (unpaired) electrons. The quantitative estimate of drug-likeness (QED) is 0.431. The molecule has 5 aliphatic carbocycles. The first kappa shape index (κ1) is 23.1. The van der Waals surface area contributed by atoms with Crippen LogP contribution >= 0.6 is 0 Å². The van der Waals surface area contributed by atoms with Crippen LogP contribution in [-0.4, -0.2) is 31.9 Å². The summed E-state index contributed by atoms with van der Waals surface area (Å²) in [5.74, 6) is 2.89. The molecule has 5 nitrogen and oxygen atoms in total. The minimum Gasteiger partial charge on any atom is -0.468 e. The topological polar surface area (TPSA) is 69.7 Å². The third kappa shape index (κ3) is 3.35. The van der Waals surface area contributed by atoms with E-state index in [1.54, 1.807) is 0 Å². The first-order valence-corrected chi connectivity index (χ1v) is 13.1. The molecule has 5 aliphatic rings. The molecule has 182 valence electrons. The molecule has 0 aromatic heterocycles. The van der Waals surface area contributed by atoms with Gasteiger partial charge in [-0.25, -0.2) is 0 Å². The van der Waals surface area contributed by atoms with Gasteiger partial charge in [0, 0.05) is 6.42 Å². The Balaban J connectivity index is 1.38. The SMILES string of the molecule is COC(=O)C(C[C@@H](C)C1CCC2C3C(CC[C@@]21C)[C@@]1(C)CCC(=O)C=C1[C@H]1C[C@@H]31)C(=O)OC. The summed E-state index contributed by atoms with van der Waals surface area (Å²) in [5, 5.41) is 0. The van der Waals surface area contributed by atoms with Crippen LogP contribution in [0.25, 0.3) is 0 Å². The number of ether oxygens (including phenoxy) is 2. The Labute approximate surface area is 198 Å². The van der Waals surface area contributed by atoms with Crippen molar-refractivity contribution in [1.29, 1.82) is 0 Å². The van der Waals surface area contributed by atoms with Gasteiger partial charge in [-0.2, -0.15) is 0 Å². The molecule has 9 atom stereocenters. The number of rotatable bonds is 5. The third-order valence-corrected chi connectivity index (χ3v) is 11.1. The number of hydrogen-bond acceptors (Lipinski definition) is 5. The van der Waals surface area contributed by atoms with Gasteiger partial charge in [-0.05, 0) is 103 Å². The molecule has 0 heterocycles. The van der Waals surface area contributed by atoms with E-state index in [2.05, 4.69) is 20.8 Å². The lowest BCUT2D eigenvalue weighted by Gasteiger charge is -2.58. The predicted molar refractivity (Wildman–Crippen MR) is 124 cm³/mol. The molecule has 0 aliphatic heterocycles. The minimum atomic E-state index is -0.831. The fraction of sp³-hybridized carbons (Fsp3) is 0.821. The zero-order chi connectivity index (χ0) is 23.7. The van der Waals surface area contributed by atoms with Gasteiger partial charge in [0.1, 0.15) is 0 Å². The number of carbonyl (C=O) groups excluding carboxylic acids is 3. The van der Waals surface area contributed by atoms with Crippen molar-refractivity contribution in [2.45, 2.75) is 72.1 Å². The van der Waals surface area contributed by atoms with Crippen molar-refractivity contribution in [1.82, 2.24) is 0 Å². The Bertz CT molecular complexity index is 875. The van der Waals surface area contributed by atoms with E-state index in [0.29, 0.717) is 42.3 Å². The van der Waals surface area contributed by atoms with Crippen LogP contribution in [0.2, 0.25) is 0 Å². The number of ketones is 1. The number of hydrogen-bond donors (Lipinski definition) is 0. The van der Waals surface area contributed by atoms with Crippen LogP contribution in [0.1, 0.15) is 72.1 Å². The standard InChI is InChI=1S/C28H40O5/c1-15(12-19(25(30)32-4)26(31)33-5)20-6-7-21-24-18-14-17(18)23-13-16(29)8-10-28(23,3)22(24)9-11-27(20,21)2/h13,15,17-22,24H,6-12,14H2,1-5H3/t15-,17+,18-,20?,21?,22?,24?,27-,28-/m1/s1. The van der Waals surface area contributed by atoms with Gasteiger partial charge in [0.15, 0.2) is 11.7 Å². The van der Waals surface area contributed by atoms with E-state index >= 15 is 0 Å². The zero-order valence-corrected chi connectivity index (χ0v) is 20.9. The predicted octanol–water partition coefficient (Wildman–Crippen LogP) is 4.98. The maximum Gasteiger partial charge on any atom is 0.320 e. The van der Waals surface area contributed by atoms with Crippen LogP contribution in [0.4, 0.5) is 0 Å². The Morgan fingerprint density at radius 3 is 2.42 bits per heavy atom. The molecule has 4 saturated carbocycles. The molecule has 0 aromatic carbocycles. The lowest BCUT2D eigenvalue weighted by molar-refractivity contribution is -0.160. The first-order chi connectivity index (χ1) is 15.7. The molecule has 0 bridgehead atoms. The molecular formula is C28H40O5. The third-order valence-electron chi connectivity index (χ3n) is 11.1. The average molecular weight is 457 g/mol. The van der Waals surface area contributed by atoms with Crippen molar-refractivity contribution in [3.05, 3.63) is 11.6 Å². The van der Waals surface area contributed by atoms with Gasteiger partial charge in [-0.1, -0.05) is 26.3 Å². The Hall–Kier alpha value is -1.65. The highest BCUT2D eigenvalue weighted by Gasteiger charge is 2.67. The molecule has 5 heteroatoms. The maximum atomic E-state index is 12.3. The number of fused-ring (bicyclic) bond motifs is 8. The maximum absolute atomic E-state index is 12.3. The van der Waals surface area contributed by atoms with Gasteiger partial charge in [0.2, 0.25) is 0 Å². The number of esters is 2. The highest BCUT2D eigenvalue weighted by Crippen LogP contribution is 2.74. The molecule has 0 saturated heterocycles. The van der Waals surface area contributed by atoms with Crippen LogP contribution in [0.3, 0.4) is 0 Å². The van der Waals surface area contributed by atoms with E-state index in [4.69, 9.17) is 9.47 Å². The molecule has 4 fully saturated rings. The van der Waals surface area contributed by atoms with E-state index in [1.165, 1.54) is 51.9 Å². The molecule has 0 N–H and O–H groups in total. The smallest absolute Gasteiger partial charge is 0.320 e. The summed E-state index contributed by atoms with van der Waals surface area (Å²) >= 11 is 0. The van der Waals surface area contributed by atoms with E-state index in [-0.39, 0.29) is 16.7 Å². The largest absolute Gasteiger partial charge is 0.468 e. The zero-order valence-electron chi connectivity index (χ0n) is 20.9. The van der Waals surface area contributed by atoms with Gasteiger partial charge < -0.3 is 9.47 Å². The number of allylic oxidation sites excluding steroid dienone is 1. The minimum absolute atomic E-state index is 0.210. The number of methoxy groups -OCH3 is 2. The van der Waals surface area contributed by atoms with Crippen LogP contribution in [0, 0.1) is 58.2 Å². The van der Waals surface area contributed by atoms with Gasteiger partial charge in [0.25, 0.3) is 0 Å². The average Bonchev–Trinajstić information content (AvgIpc) is 3.51. The van der Waals surface area contributed by atoms with Crippen molar-refractivity contribution in [3.63, 3.8) is 0 Å². The van der Waals surface area contributed by atoms with Gasteiger partial charge in [-0.3, -0.25) is 14.4 Å². The lowest BCUT2D eigenvalue weighted by Crippen LogP contribution is -2.52.